The molecule has 1 amide bonds. The number of hydrogen-bond acceptors (Lipinski definition) is 6. The van der Waals surface area contributed by atoms with Gasteiger partial charge in [-0.25, -0.2) is 9.37 Å². The van der Waals surface area contributed by atoms with Crippen LogP contribution < -0.4 is 5.32 Å². The van der Waals surface area contributed by atoms with E-state index in [9.17, 15) is 19.7 Å². The quantitative estimate of drug-likeness (QED) is 0.246. The molecule has 4 rings (SSSR count). The molecule has 2 aromatic rings. The number of halogens is 3. The third-order valence-electron chi connectivity index (χ3n) is 6.80. The summed E-state index contributed by atoms with van der Waals surface area (Å²) in [5, 5.41) is 15.0. The van der Waals surface area contributed by atoms with Crippen molar-refractivity contribution >= 4 is 41.2 Å². The molecular formula is C23H23Cl2FN4O4. The van der Waals surface area contributed by atoms with Crippen molar-refractivity contribution in [1.82, 2.24) is 9.88 Å². The second kappa shape index (κ2) is 9.56. The predicted octanol–water partition coefficient (Wildman–Crippen LogP) is 4.34. The number of hydrogen-bond donors (Lipinski definition) is 1. The first-order valence-electron chi connectivity index (χ1n) is 10.9. The normalized spacial score (nSPS) is 26.9. The zero-order valence-electron chi connectivity index (χ0n) is 18.3. The lowest BCUT2D eigenvalue weighted by atomic mass is 9.77. The van der Waals surface area contributed by atoms with Gasteiger partial charge in [0.1, 0.15) is 28.6 Å². The number of benzene rings is 1. The largest absolute Gasteiger partial charge is 0.309 e. The number of nitrogens with zero attached hydrogens (tertiary/aromatic N) is 3. The summed E-state index contributed by atoms with van der Waals surface area (Å²) in [6, 6.07) is 6.61. The lowest BCUT2D eigenvalue weighted by Gasteiger charge is -2.38. The van der Waals surface area contributed by atoms with E-state index in [1.807, 2.05) is 0 Å². The molecule has 1 aromatic carbocycles. The number of anilines is 1. The Hall–Kier alpha value is -2.62. The number of carbonyl (C=O) groups is 2. The smallest absolute Gasteiger partial charge is 0.246 e. The maximum Gasteiger partial charge on any atom is 0.246 e. The molecule has 1 N–H and O–H groups in total. The van der Waals surface area contributed by atoms with Crippen LogP contribution in [0.25, 0.3) is 0 Å². The van der Waals surface area contributed by atoms with E-state index < -0.39 is 40.2 Å². The van der Waals surface area contributed by atoms with Gasteiger partial charge in [-0.05, 0) is 43.9 Å². The van der Waals surface area contributed by atoms with Gasteiger partial charge in [-0.2, -0.15) is 0 Å². The van der Waals surface area contributed by atoms with E-state index in [-0.39, 0.29) is 33.9 Å². The van der Waals surface area contributed by atoms with Gasteiger partial charge in [0, 0.05) is 23.5 Å². The summed E-state index contributed by atoms with van der Waals surface area (Å²) in [7, 11) is 0. The highest BCUT2D eigenvalue weighted by Crippen LogP contribution is 2.50. The molecule has 0 spiro atoms. The molecule has 2 aliphatic rings. The van der Waals surface area contributed by atoms with Crippen LogP contribution in [0.4, 0.5) is 10.2 Å². The molecule has 0 radical (unpaired) electrons. The van der Waals surface area contributed by atoms with Gasteiger partial charge in [0.25, 0.3) is 0 Å². The van der Waals surface area contributed by atoms with Gasteiger partial charge in [0.15, 0.2) is 0 Å². The Morgan fingerprint density at radius 1 is 1.32 bits per heavy atom. The minimum atomic E-state index is -1.58. The number of aromatic nitrogens is 1. The Morgan fingerprint density at radius 2 is 2.03 bits per heavy atom. The van der Waals surface area contributed by atoms with Crippen LogP contribution in [-0.4, -0.2) is 51.2 Å². The number of nitro groups is 1. The van der Waals surface area contributed by atoms with E-state index in [2.05, 4.69) is 10.3 Å². The molecule has 2 heterocycles. The van der Waals surface area contributed by atoms with E-state index in [1.54, 1.807) is 24.0 Å². The molecule has 0 bridgehead atoms. The average Bonchev–Trinajstić information content (AvgIpc) is 3.56. The van der Waals surface area contributed by atoms with E-state index in [0.717, 1.165) is 12.8 Å². The highest BCUT2D eigenvalue weighted by molar-refractivity contribution is 6.30. The van der Waals surface area contributed by atoms with Gasteiger partial charge in [0.05, 0.1) is 17.0 Å². The maximum absolute atomic E-state index is 15.3. The monoisotopic (exact) mass is 508 g/mol. The third kappa shape index (κ3) is 4.39. The van der Waals surface area contributed by atoms with Crippen molar-refractivity contribution in [2.75, 3.05) is 11.9 Å². The van der Waals surface area contributed by atoms with Gasteiger partial charge < -0.3 is 10.1 Å². The molecule has 4 atom stereocenters. The number of pyridine rings is 1. The predicted molar refractivity (Wildman–Crippen MR) is 125 cm³/mol. The van der Waals surface area contributed by atoms with Crippen molar-refractivity contribution in [3.05, 3.63) is 68.1 Å². The molecule has 11 heteroatoms. The van der Waals surface area contributed by atoms with Gasteiger partial charge >= 0.3 is 0 Å². The third-order valence-corrected chi connectivity index (χ3v) is 7.31. The molecule has 1 saturated carbocycles. The highest BCUT2D eigenvalue weighted by Gasteiger charge is 2.66. The fraction of sp³-hybridized carbons (Fsp3) is 0.435. The minimum Gasteiger partial charge on any atom is -0.309 e. The van der Waals surface area contributed by atoms with Crippen LogP contribution in [-0.2, 0) is 9.59 Å². The maximum atomic E-state index is 15.3. The summed E-state index contributed by atoms with van der Waals surface area (Å²) in [5.41, 5.74) is -1.62. The van der Waals surface area contributed by atoms with Crippen LogP contribution in [0.15, 0.2) is 36.4 Å². The van der Waals surface area contributed by atoms with Gasteiger partial charge in [-0.1, -0.05) is 41.4 Å². The van der Waals surface area contributed by atoms with Crippen molar-refractivity contribution in [3.8, 4) is 0 Å². The molecule has 1 aliphatic carbocycles. The van der Waals surface area contributed by atoms with Gasteiger partial charge in [-0.3, -0.25) is 19.8 Å². The van der Waals surface area contributed by atoms with Crippen molar-refractivity contribution in [2.24, 2.45) is 5.92 Å². The number of amides is 1. The zero-order valence-corrected chi connectivity index (χ0v) is 19.8. The summed E-state index contributed by atoms with van der Waals surface area (Å²) in [6.45, 7) is 1.93. The Bertz CT molecular complexity index is 1130. The number of aldehydes is 1. The van der Waals surface area contributed by atoms with E-state index in [0.29, 0.717) is 12.8 Å². The first-order chi connectivity index (χ1) is 16.2. The Kier molecular flexibility index (Phi) is 6.89. The summed E-state index contributed by atoms with van der Waals surface area (Å²) < 4.78 is 15.3. The fourth-order valence-corrected chi connectivity index (χ4v) is 5.38. The zero-order chi connectivity index (χ0) is 24.6. The van der Waals surface area contributed by atoms with E-state index in [4.69, 9.17) is 23.2 Å². The average molecular weight is 509 g/mol. The van der Waals surface area contributed by atoms with E-state index >= 15 is 4.39 Å². The Labute approximate surface area is 205 Å². The molecule has 34 heavy (non-hydrogen) atoms. The topological polar surface area (TPSA) is 105 Å². The number of carbonyl (C=O) groups excluding carboxylic acids is 2. The first-order valence-corrected chi connectivity index (χ1v) is 11.7. The molecule has 180 valence electrons. The van der Waals surface area contributed by atoms with Crippen LogP contribution in [0.5, 0.6) is 0 Å². The van der Waals surface area contributed by atoms with Crippen molar-refractivity contribution in [2.45, 2.75) is 49.7 Å². The van der Waals surface area contributed by atoms with Gasteiger partial charge in [0.2, 0.25) is 11.9 Å². The van der Waals surface area contributed by atoms with Crippen molar-refractivity contribution in [1.29, 1.82) is 0 Å². The number of likely N-dealkylation sites (tertiary alicyclic amines) is 1. The SMILES string of the molecule is C[C@]1(C(=O)Nc2cccc(Cl)n2)[C@@H](c2cccc(Cl)c2F)[C@H]([N+](=O)[O-])[C@H](CC=O)N1CC1CC1. The molecular weight excluding hydrogens is 486 g/mol. The lowest BCUT2D eigenvalue weighted by molar-refractivity contribution is -0.528. The Morgan fingerprint density at radius 3 is 2.65 bits per heavy atom. The highest BCUT2D eigenvalue weighted by atomic mass is 35.5. The minimum absolute atomic E-state index is 0.0416. The first kappa shape index (κ1) is 24.5. The molecule has 1 saturated heterocycles. The molecule has 8 nitrogen and oxygen atoms in total. The second-order valence-corrected chi connectivity index (χ2v) is 9.70. The standard InChI is InChI=1S/C23H23Cl2FN4O4/c1-23(22(32)28-18-7-3-6-17(25)27-18)19(14-4-2-5-15(24)20(14)26)21(30(33)34)16(10-11-31)29(23)12-13-8-9-13/h2-7,11,13,16,19,21H,8-10,12H2,1H3,(H,27,28,32)/t16-,19-,21+,23+/m0/s1. The van der Waals surface area contributed by atoms with Crippen LogP contribution in [0.2, 0.25) is 10.2 Å². The van der Waals surface area contributed by atoms with Crippen LogP contribution in [0, 0.1) is 21.8 Å². The molecule has 1 aliphatic heterocycles. The van der Waals surface area contributed by atoms with Gasteiger partial charge in [-0.15, -0.1) is 0 Å². The second-order valence-electron chi connectivity index (χ2n) is 8.91. The Balaban J connectivity index is 1.88. The van der Waals surface area contributed by atoms with Crippen LogP contribution >= 0.6 is 23.2 Å². The molecule has 0 unspecified atom stereocenters. The lowest BCUT2D eigenvalue weighted by Crippen LogP contribution is -2.56. The summed E-state index contributed by atoms with van der Waals surface area (Å²) >= 11 is 12.0. The van der Waals surface area contributed by atoms with E-state index in [1.165, 1.54) is 24.3 Å². The van der Waals surface area contributed by atoms with Crippen LogP contribution in [0.1, 0.15) is 37.7 Å². The summed E-state index contributed by atoms with van der Waals surface area (Å²) in [5.74, 6) is -2.25. The molecule has 1 aromatic heterocycles. The van der Waals surface area contributed by atoms with Crippen molar-refractivity contribution < 1.29 is 18.9 Å². The molecule has 2 fully saturated rings. The summed E-state index contributed by atoms with van der Waals surface area (Å²) in [4.78, 5) is 43.1. The van der Waals surface area contributed by atoms with Crippen LogP contribution in [0.3, 0.4) is 0 Å². The van der Waals surface area contributed by atoms with Crippen molar-refractivity contribution in [3.63, 3.8) is 0 Å². The number of rotatable bonds is 8. The summed E-state index contributed by atoms with van der Waals surface area (Å²) in [6.07, 6.45) is 2.26. The number of nitrogens with one attached hydrogen (secondary N) is 1. The fourth-order valence-electron chi connectivity index (χ4n) is 5.03.